The van der Waals surface area contributed by atoms with Gasteiger partial charge in [0.1, 0.15) is 18.1 Å². The second-order valence-electron chi connectivity index (χ2n) is 5.25. The summed E-state index contributed by atoms with van der Waals surface area (Å²) in [6, 6.07) is 0. The third-order valence-electron chi connectivity index (χ3n) is 2.18. The number of hydrogen-bond donors (Lipinski definition) is 0. The van der Waals surface area contributed by atoms with Crippen LogP contribution in [0.3, 0.4) is 0 Å². The quantitative estimate of drug-likeness (QED) is 0.515. The fraction of sp³-hybridized carbons (Fsp3) is 0.846. The molecule has 0 aliphatic rings. The van der Waals surface area contributed by atoms with Crippen LogP contribution in [0.15, 0.2) is 0 Å². The maximum Gasteiger partial charge on any atom is 0.313 e. The molecule has 0 amide bonds. The van der Waals surface area contributed by atoms with Crippen molar-refractivity contribution in [3.63, 3.8) is 0 Å². The van der Waals surface area contributed by atoms with Gasteiger partial charge in [-0.25, -0.2) is 0 Å². The van der Waals surface area contributed by atoms with Crippen LogP contribution < -0.4 is 0 Å². The molecule has 2 unspecified atom stereocenters. The van der Waals surface area contributed by atoms with Gasteiger partial charge in [-0.15, -0.1) is 0 Å². The van der Waals surface area contributed by atoms with Crippen LogP contribution in [0.25, 0.3) is 0 Å². The summed E-state index contributed by atoms with van der Waals surface area (Å²) in [4.78, 5) is 23.1. The highest BCUT2D eigenvalue weighted by molar-refractivity contribution is 5.97. The molecule has 18 heavy (non-hydrogen) atoms. The van der Waals surface area contributed by atoms with Crippen molar-refractivity contribution in [3.8, 4) is 0 Å². The highest BCUT2D eigenvalue weighted by atomic mass is 16.6. The predicted molar refractivity (Wildman–Crippen MR) is 67.4 cm³/mol. The fourth-order valence-corrected chi connectivity index (χ4v) is 1.10. The van der Waals surface area contributed by atoms with E-state index < -0.39 is 17.7 Å². The van der Waals surface area contributed by atoms with E-state index in [1.54, 1.807) is 34.8 Å². The first-order valence-electron chi connectivity index (χ1n) is 6.04. The molecule has 0 aromatic heterocycles. The zero-order chi connectivity index (χ0) is 14.3. The summed E-state index contributed by atoms with van der Waals surface area (Å²) in [5.41, 5.74) is -0.577. The van der Waals surface area contributed by atoms with Gasteiger partial charge in [0.25, 0.3) is 0 Å². The minimum atomic E-state index is -0.630. The Morgan fingerprint density at radius 2 is 1.72 bits per heavy atom. The minimum Gasteiger partial charge on any atom is -0.460 e. The summed E-state index contributed by atoms with van der Waals surface area (Å²) < 4.78 is 15.4. The van der Waals surface area contributed by atoms with Crippen LogP contribution in [0.4, 0.5) is 0 Å². The van der Waals surface area contributed by atoms with E-state index in [2.05, 4.69) is 0 Å². The van der Waals surface area contributed by atoms with Crippen molar-refractivity contribution in [3.05, 3.63) is 0 Å². The van der Waals surface area contributed by atoms with E-state index in [4.69, 9.17) is 14.2 Å². The van der Waals surface area contributed by atoms with Gasteiger partial charge < -0.3 is 14.2 Å². The van der Waals surface area contributed by atoms with Crippen LogP contribution in [0.1, 0.15) is 41.0 Å². The Bertz CT molecular complexity index is 280. The lowest BCUT2D eigenvalue weighted by atomic mass is 10.1. The largest absolute Gasteiger partial charge is 0.460 e. The second-order valence-corrected chi connectivity index (χ2v) is 5.25. The Morgan fingerprint density at radius 1 is 1.17 bits per heavy atom. The van der Waals surface area contributed by atoms with Crippen LogP contribution >= 0.6 is 0 Å². The van der Waals surface area contributed by atoms with E-state index in [0.717, 1.165) is 0 Å². The van der Waals surface area contributed by atoms with E-state index in [9.17, 15) is 9.59 Å². The lowest BCUT2D eigenvalue weighted by Crippen LogP contribution is -2.30. The molecular weight excluding hydrogens is 236 g/mol. The lowest BCUT2D eigenvalue weighted by molar-refractivity contribution is -0.158. The SMILES string of the molecule is COC(C)COC(C)C(=O)CC(=O)OC(C)(C)C. The average molecular weight is 260 g/mol. The van der Waals surface area contributed by atoms with Gasteiger partial charge in [0.15, 0.2) is 5.78 Å². The van der Waals surface area contributed by atoms with Gasteiger partial charge in [0, 0.05) is 7.11 Å². The number of hydrogen-bond acceptors (Lipinski definition) is 5. The molecule has 0 aliphatic carbocycles. The van der Waals surface area contributed by atoms with Crippen LogP contribution in [-0.4, -0.2) is 43.3 Å². The molecule has 0 aromatic carbocycles. The smallest absolute Gasteiger partial charge is 0.313 e. The van der Waals surface area contributed by atoms with Crippen molar-refractivity contribution in [2.24, 2.45) is 0 Å². The molecule has 0 aliphatic heterocycles. The first-order chi connectivity index (χ1) is 8.15. The number of carbonyl (C=O) groups excluding carboxylic acids is 2. The molecule has 0 rings (SSSR count). The monoisotopic (exact) mass is 260 g/mol. The van der Waals surface area contributed by atoms with Gasteiger partial charge in [-0.2, -0.15) is 0 Å². The summed E-state index contributed by atoms with van der Waals surface area (Å²) in [6.45, 7) is 9.05. The summed E-state index contributed by atoms with van der Waals surface area (Å²) in [6.07, 6.45) is -0.975. The minimum absolute atomic E-state index is 0.0817. The Labute approximate surface area is 109 Å². The van der Waals surface area contributed by atoms with Gasteiger partial charge in [-0.05, 0) is 34.6 Å². The van der Waals surface area contributed by atoms with Gasteiger partial charge in [-0.3, -0.25) is 9.59 Å². The third kappa shape index (κ3) is 8.20. The molecule has 0 bridgehead atoms. The first kappa shape index (κ1) is 17.1. The van der Waals surface area contributed by atoms with Crippen molar-refractivity contribution in [1.82, 2.24) is 0 Å². The zero-order valence-corrected chi connectivity index (χ0v) is 12.1. The number of esters is 1. The molecule has 0 spiro atoms. The number of ketones is 1. The van der Waals surface area contributed by atoms with Gasteiger partial charge in [0.2, 0.25) is 0 Å². The first-order valence-corrected chi connectivity index (χ1v) is 6.04. The van der Waals surface area contributed by atoms with E-state index in [-0.39, 0.29) is 18.3 Å². The van der Waals surface area contributed by atoms with Crippen molar-refractivity contribution in [2.45, 2.75) is 58.8 Å². The predicted octanol–water partition coefficient (Wildman–Crippen LogP) is 1.73. The maximum absolute atomic E-state index is 11.7. The van der Waals surface area contributed by atoms with E-state index in [1.807, 2.05) is 6.92 Å². The number of methoxy groups -OCH3 is 1. The highest BCUT2D eigenvalue weighted by Crippen LogP contribution is 2.09. The zero-order valence-electron chi connectivity index (χ0n) is 12.1. The Kier molecular flexibility index (Phi) is 7.09. The van der Waals surface area contributed by atoms with Gasteiger partial charge in [-0.1, -0.05) is 0 Å². The van der Waals surface area contributed by atoms with Crippen molar-refractivity contribution in [2.75, 3.05) is 13.7 Å². The molecule has 0 aromatic rings. The van der Waals surface area contributed by atoms with E-state index in [0.29, 0.717) is 6.61 Å². The second kappa shape index (κ2) is 7.48. The standard InChI is InChI=1S/C13H24O5/c1-9(16-6)8-17-10(2)11(14)7-12(15)18-13(3,4)5/h9-10H,7-8H2,1-6H3. The summed E-state index contributed by atoms with van der Waals surface area (Å²) in [7, 11) is 1.57. The van der Waals surface area contributed by atoms with Crippen molar-refractivity contribution >= 4 is 11.8 Å². The number of carbonyl (C=O) groups is 2. The van der Waals surface area contributed by atoms with Crippen LogP contribution in [-0.2, 0) is 23.8 Å². The van der Waals surface area contributed by atoms with Crippen molar-refractivity contribution < 1.29 is 23.8 Å². The molecule has 5 nitrogen and oxygen atoms in total. The van der Waals surface area contributed by atoms with Crippen LogP contribution in [0, 0.1) is 0 Å². The van der Waals surface area contributed by atoms with E-state index >= 15 is 0 Å². The molecule has 5 heteroatoms. The topological polar surface area (TPSA) is 61.8 Å². The average Bonchev–Trinajstić information content (AvgIpc) is 2.22. The molecule has 0 radical (unpaired) electrons. The Balaban J connectivity index is 4.04. The maximum atomic E-state index is 11.7. The van der Waals surface area contributed by atoms with Gasteiger partial charge in [0.05, 0.1) is 12.7 Å². The molecule has 106 valence electrons. The number of rotatable bonds is 7. The Hall–Kier alpha value is -0.940. The molecule has 0 saturated carbocycles. The highest BCUT2D eigenvalue weighted by Gasteiger charge is 2.22. The van der Waals surface area contributed by atoms with Gasteiger partial charge >= 0.3 is 5.97 Å². The summed E-state index contributed by atoms with van der Waals surface area (Å²) in [5, 5.41) is 0. The fourth-order valence-electron chi connectivity index (χ4n) is 1.10. The molecule has 2 atom stereocenters. The van der Waals surface area contributed by atoms with E-state index in [1.165, 1.54) is 0 Å². The molecular formula is C13H24O5. The van der Waals surface area contributed by atoms with Crippen molar-refractivity contribution in [1.29, 1.82) is 0 Å². The third-order valence-corrected chi connectivity index (χ3v) is 2.18. The molecule has 0 fully saturated rings. The summed E-state index contributed by atoms with van der Waals surface area (Å²) in [5.74, 6) is -0.810. The lowest BCUT2D eigenvalue weighted by Gasteiger charge is -2.20. The number of Topliss-reactive ketones (excluding diaryl/α,β-unsaturated/α-hetero) is 1. The normalized spacial score (nSPS) is 15.0. The van der Waals surface area contributed by atoms with Crippen LogP contribution in [0.2, 0.25) is 0 Å². The molecule has 0 N–H and O–H groups in total. The van der Waals surface area contributed by atoms with Crippen LogP contribution in [0.5, 0.6) is 0 Å². The Morgan fingerprint density at radius 3 is 2.17 bits per heavy atom. The number of ether oxygens (including phenoxy) is 3. The molecule has 0 heterocycles. The molecule has 0 saturated heterocycles. The summed E-state index contributed by atoms with van der Waals surface area (Å²) >= 11 is 0.